The van der Waals surface area contributed by atoms with Crippen molar-refractivity contribution in [1.82, 2.24) is 10.1 Å². The van der Waals surface area contributed by atoms with Crippen molar-refractivity contribution in [3.8, 4) is 11.1 Å². The van der Waals surface area contributed by atoms with E-state index in [4.69, 9.17) is 10.3 Å². The van der Waals surface area contributed by atoms with Crippen LogP contribution in [-0.2, 0) is 0 Å². The van der Waals surface area contributed by atoms with Crippen molar-refractivity contribution in [2.75, 3.05) is 5.73 Å². The highest BCUT2D eigenvalue weighted by atomic mass is 16.5. The fourth-order valence-electron chi connectivity index (χ4n) is 1.52. The van der Waals surface area contributed by atoms with Gasteiger partial charge in [0.05, 0.1) is 11.3 Å². The molecule has 0 saturated carbocycles. The summed E-state index contributed by atoms with van der Waals surface area (Å²) in [5.41, 5.74) is 8.52. The molecule has 78 valence electrons. The fraction of sp³-hybridized carbons (Fsp3) is 0.273. The molecule has 0 aliphatic rings. The third-order valence-corrected chi connectivity index (χ3v) is 2.26. The summed E-state index contributed by atoms with van der Waals surface area (Å²) in [6.07, 6.45) is 3.46. The summed E-state index contributed by atoms with van der Waals surface area (Å²) < 4.78 is 5.02. The minimum absolute atomic E-state index is 0.286. The van der Waals surface area contributed by atoms with E-state index in [0.29, 0.717) is 5.88 Å². The van der Waals surface area contributed by atoms with Gasteiger partial charge in [-0.05, 0) is 23.6 Å². The Labute approximate surface area is 88.1 Å². The number of anilines is 1. The molecule has 2 aromatic heterocycles. The highest BCUT2D eigenvalue weighted by molar-refractivity contribution is 5.75. The second kappa shape index (κ2) is 3.73. The second-order valence-electron chi connectivity index (χ2n) is 3.70. The molecule has 2 aromatic rings. The van der Waals surface area contributed by atoms with E-state index in [9.17, 15) is 0 Å². The Hall–Kier alpha value is -1.84. The van der Waals surface area contributed by atoms with Crippen LogP contribution in [0.1, 0.15) is 25.5 Å². The molecule has 0 radical (unpaired) electrons. The number of rotatable bonds is 2. The zero-order valence-corrected chi connectivity index (χ0v) is 8.77. The van der Waals surface area contributed by atoms with Gasteiger partial charge in [0.25, 0.3) is 0 Å². The summed E-state index contributed by atoms with van der Waals surface area (Å²) in [7, 11) is 0. The maximum absolute atomic E-state index is 5.76. The van der Waals surface area contributed by atoms with E-state index in [0.717, 1.165) is 16.8 Å². The number of pyridine rings is 1. The number of nitrogens with zero attached hydrogens (tertiary/aromatic N) is 2. The Morgan fingerprint density at radius 2 is 1.93 bits per heavy atom. The maximum Gasteiger partial charge on any atom is 0.230 e. The molecule has 0 aromatic carbocycles. The van der Waals surface area contributed by atoms with Crippen molar-refractivity contribution in [2.24, 2.45) is 0 Å². The second-order valence-corrected chi connectivity index (χ2v) is 3.70. The van der Waals surface area contributed by atoms with E-state index < -0.39 is 0 Å². The SMILES string of the molecule is CC(C)c1noc(N)c1-c1ccncc1. The van der Waals surface area contributed by atoms with E-state index in [1.165, 1.54) is 0 Å². The lowest BCUT2D eigenvalue weighted by Crippen LogP contribution is -1.93. The van der Waals surface area contributed by atoms with E-state index in [2.05, 4.69) is 24.0 Å². The quantitative estimate of drug-likeness (QED) is 0.814. The van der Waals surface area contributed by atoms with Crippen LogP contribution in [-0.4, -0.2) is 10.1 Å². The lowest BCUT2D eigenvalue weighted by molar-refractivity contribution is 0.424. The van der Waals surface area contributed by atoms with Crippen LogP contribution >= 0.6 is 0 Å². The van der Waals surface area contributed by atoms with Gasteiger partial charge in [0.2, 0.25) is 5.88 Å². The molecule has 0 unspecified atom stereocenters. The zero-order valence-electron chi connectivity index (χ0n) is 8.77. The summed E-state index contributed by atoms with van der Waals surface area (Å²) in [5, 5.41) is 3.97. The zero-order chi connectivity index (χ0) is 10.8. The molecule has 0 amide bonds. The Bertz CT molecular complexity index is 448. The Morgan fingerprint density at radius 3 is 2.53 bits per heavy atom. The van der Waals surface area contributed by atoms with Crippen molar-refractivity contribution >= 4 is 5.88 Å². The molecule has 2 N–H and O–H groups in total. The van der Waals surface area contributed by atoms with E-state index >= 15 is 0 Å². The van der Waals surface area contributed by atoms with Crippen LogP contribution in [0.15, 0.2) is 29.0 Å². The molecule has 0 spiro atoms. The molecule has 0 fully saturated rings. The topological polar surface area (TPSA) is 64.9 Å². The molecule has 0 bridgehead atoms. The predicted molar refractivity (Wildman–Crippen MR) is 58.2 cm³/mol. The van der Waals surface area contributed by atoms with Crippen molar-refractivity contribution in [3.05, 3.63) is 30.2 Å². The van der Waals surface area contributed by atoms with Gasteiger partial charge in [-0.25, -0.2) is 0 Å². The van der Waals surface area contributed by atoms with E-state index in [1.54, 1.807) is 12.4 Å². The predicted octanol–water partition coefficient (Wildman–Crippen LogP) is 2.44. The Balaban J connectivity index is 2.57. The molecule has 4 nitrogen and oxygen atoms in total. The molecule has 15 heavy (non-hydrogen) atoms. The van der Waals surface area contributed by atoms with Gasteiger partial charge >= 0.3 is 0 Å². The molecule has 2 rings (SSSR count). The van der Waals surface area contributed by atoms with Crippen LogP contribution in [0.3, 0.4) is 0 Å². The molecule has 0 aliphatic carbocycles. The van der Waals surface area contributed by atoms with Crippen molar-refractivity contribution < 1.29 is 4.52 Å². The van der Waals surface area contributed by atoms with E-state index in [1.807, 2.05) is 12.1 Å². The molecule has 4 heteroatoms. The molecule has 2 heterocycles. The standard InChI is InChI=1S/C11H13N3O/c1-7(2)10-9(11(12)15-14-10)8-3-5-13-6-4-8/h3-7H,12H2,1-2H3. The van der Waals surface area contributed by atoms with Gasteiger partial charge in [-0.15, -0.1) is 0 Å². The van der Waals surface area contributed by atoms with E-state index in [-0.39, 0.29) is 5.92 Å². The minimum Gasteiger partial charge on any atom is -0.367 e. The first kappa shape index (κ1) is 9.71. The molecular formula is C11H13N3O. The maximum atomic E-state index is 5.76. The number of nitrogen functional groups attached to an aromatic ring is 1. The lowest BCUT2D eigenvalue weighted by Gasteiger charge is -2.03. The first-order chi connectivity index (χ1) is 7.20. The number of hydrogen-bond acceptors (Lipinski definition) is 4. The average molecular weight is 203 g/mol. The van der Waals surface area contributed by atoms with Crippen molar-refractivity contribution in [1.29, 1.82) is 0 Å². The van der Waals surface area contributed by atoms with Gasteiger partial charge < -0.3 is 10.3 Å². The highest BCUT2D eigenvalue weighted by Crippen LogP contribution is 2.33. The van der Waals surface area contributed by atoms with Crippen LogP contribution in [0.25, 0.3) is 11.1 Å². The molecular weight excluding hydrogens is 190 g/mol. The summed E-state index contributed by atoms with van der Waals surface area (Å²) in [6.45, 7) is 4.12. The third-order valence-electron chi connectivity index (χ3n) is 2.26. The van der Waals surface area contributed by atoms with Crippen LogP contribution in [0.2, 0.25) is 0 Å². The normalized spacial score (nSPS) is 10.9. The summed E-state index contributed by atoms with van der Waals surface area (Å²) in [5.74, 6) is 0.652. The fourth-order valence-corrected chi connectivity index (χ4v) is 1.52. The first-order valence-corrected chi connectivity index (χ1v) is 4.85. The van der Waals surface area contributed by atoms with Gasteiger partial charge in [-0.3, -0.25) is 4.98 Å². The average Bonchev–Trinajstić information content (AvgIpc) is 2.61. The highest BCUT2D eigenvalue weighted by Gasteiger charge is 2.17. The Morgan fingerprint density at radius 1 is 1.27 bits per heavy atom. The summed E-state index contributed by atoms with van der Waals surface area (Å²) in [6, 6.07) is 3.80. The minimum atomic E-state index is 0.286. The van der Waals surface area contributed by atoms with Gasteiger partial charge in [-0.1, -0.05) is 19.0 Å². The largest absolute Gasteiger partial charge is 0.367 e. The van der Waals surface area contributed by atoms with Gasteiger partial charge in [0.1, 0.15) is 0 Å². The number of nitrogens with two attached hydrogens (primary N) is 1. The van der Waals surface area contributed by atoms with Gasteiger partial charge in [-0.2, -0.15) is 0 Å². The number of hydrogen-bond donors (Lipinski definition) is 1. The van der Waals surface area contributed by atoms with Crippen LogP contribution in [0.5, 0.6) is 0 Å². The summed E-state index contributed by atoms with van der Waals surface area (Å²) in [4.78, 5) is 3.97. The summed E-state index contributed by atoms with van der Waals surface area (Å²) >= 11 is 0. The smallest absolute Gasteiger partial charge is 0.230 e. The molecule has 0 saturated heterocycles. The first-order valence-electron chi connectivity index (χ1n) is 4.85. The molecule has 0 aliphatic heterocycles. The van der Waals surface area contributed by atoms with Gasteiger partial charge in [0.15, 0.2) is 0 Å². The van der Waals surface area contributed by atoms with Crippen LogP contribution in [0, 0.1) is 0 Å². The van der Waals surface area contributed by atoms with Crippen LogP contribution in [0.4, 0.5) is 5.88 Å². The molecule has 0 atom stereocenters. The van der Waals surface area contributed by atoms with Crippen molar-refractivity contribution in [3.63, 3.8) is 0 Å². The van der Waals surface area contributed by atoms with Gasteiger partial charge in [0, 0.05) is 12.4 Å². The van der Waals surface area contributed by atoms with Crippen LogP contribution < -0.4 is 5.73 Å². The number of aromatic nitrogens is 2. The Kier molecular flexibility index (Phi) is 2.41. The monoisotopic (exact) mass is 203 g/mol. The third kappa shape index (κ3) is 1.70. The lowest BCUT2D eigenvalue weighted by atomic mass is 10.0. The van der Waals surface area contributed by atoms with Crippen molar-refractivity contribution in [2.45, 2.75) is 19.8 Å².